The van der Waals surface area contributed by atoms with Gasteiger partial charge in [-0.25, -0.2) is 10.2 Å². The van der Waals surface area contributed by atoms with Crippen molar-refractivity contribution in [2.24, 2.45) is 11.3 Å². The summed E-state index contributed by atoms with van der Waals surface area (Å²) >= 11 is 0. The number of carbonyl (C=O) groups is 1. The van der Waals surface area contributed by atoms with Gasteiger partial charge >= 0.3 is 6.09 Å². The van der Waals surface area contributed by atoms with Crippen LogP contribution in [-0.4, -0.2) is 18.2 Å². The molecule has 1 aliphatic carbocycles. The van der Waals surface area contributed by atoms with Crippen LogP contribution in [0.1, 0.15) is 66.7 Å². The molecule has 0 aliphatic heterocycles. The van der Waals surface area contributed by atoms with Crippen LogP contribution in [0.4, 0.5) is 4.79 Å². The minimum absolute atomic E-state index is 0.0671. The Morgan fingerprint density at radius 2 is 1.84 bits per heavy atom. The van der Waals surface area contributed by atoms with Crippen LogP contribution in [0.2, 0.25) is 0 Å². The molecule has 0 heterocycles. The van der Waals surface area contributed by atoms with Crippen molar-refractivity contribution in [3.05, 3.63) is 0 Å². The van der Waals surface area contributed by atoms with Crippen LogP contribution in [0.25, 0.3) is 0 Å². The van der Waals surface area contributed by atoms with E-state index >= 15 is 0 Å². The molecule has 1 atom stereocenters. The Kier molecular flexibility index (Phi) is 5.65. The van der Waals surface area contributed by atoms with Gasteiger partial charge in [0.2, 0.25) is 0 Å². The van der Waals surface area contributed by atoms with Crippen molar-refractivity contribution in [2.75, 3.05) is 6.61 Å². The smallest absolute Gasteiger partial charge is 0.421 e. The average Bonchev–Trinajstić information content (AvgIpc) is 2.30. The molecular formula is C15H30N2O2. The van der Waals surface area contributed by atoms with Gasteiger partial charge in [-0.3, -0.25) is 5.43 Å². The van der Waals surface area contributed by atoms with E-state index in [4.69, 9.17) is 4.74 Å². The van der Waals surface area contributed by atoms with E-state index in [-0.39, 0.29) is 17.0 Å². The molecular weight excluding hydrogens is 240 g/mol. The second kappa shape index (κ2) is 6.60. The molecule has 19 heavy (non-hydrogen) atoms. The lowest BCUT2D eigenvalue weighted by molar-refractivity contribution is 0.0577. The number of hydrogen-bond acceptors (Lipinski definition) is 3. The second-order valence-electron chi connectivity index (χ2n) is 6.99. The fraction of sp³-hybridized carbons (Fsp3) is 0.933. The molecule has 0 bridgehead atoms. The van der Waals surface area contributed by atoms with E-state index in [9.17, 15) is 4.79 Å². The van der Waals surface area contributed by atoms with Gasteiger partial charge in [0, 0.05) is 5.54 Å². The maximum Gasteiger partial charge on any atom is 0.421 e. The average molecular weight is 270 g/mol. The molecule has 0 spiro atoms. The lowest BCUT2D eigenvalue weighted by Crippen LogP contribution is -2.61. The van der Waals surface area contributed by atoms with Crippen molar-refractivity contribution in [2.45, 2.75) is 72.3 Å². The minimum atomic E-state index is -0.372. The van der Waals surface area contributed by atoms with Gasteiger partial charge in [0.25, 0.3) is 0 Å². The van der Waals surface area contributed by atoms with Crippen LogP contribution < -0.4 is 10.9 Å². The third kappa shape index (κ3) is 4.68. The number of carbonyl (C=O) groups excluding carboxylic acids is 1. The quantitative estimate of drug-likeness (QED) is 0.750. The highest BCUT2D eigenvalue weighted by atomic mass is 16.6. The van der Waals surface area contributed by atoms with Crippen molar-refractivity contribution in [3.63, 3.8) is 0 Å². The first kappa shape index (κ1) is 16.3. The van der Waals surface area contributed by atoms with Gasteiger partial charge in [-0.2, -0.15) is 0 Å². The molecule has 1 unspecified atom stereocenters. The van der Waals surface area contributed by atoms with E-state index in [0.29, 0.717) is 12.5 Å². The standard InChI is InChI=1S/C15H30N2O2/c1-12(2)8-11-19-13(18)16-17-15(5)10-7-6-9-14(15,3)4/h12,17H,6-11H2,1-5H3,(H,16,18). The summed E-state index contributed by atoms with van der Waals surface area (Å²) in [7, 11) is 0. The van der Waals surface area contributed by atoms with Gasteiger partial charge in [-0.05, 0) is 37.5 Å². The lowest BCUT2D eigenvalue weighted by atomic mass is 9.64. The topological polar surface area (TPSA) is 50.4 Å². The zero-order valence-electron chi connectivity index (χ0n) is 13.1. The Balaban J connectivity index is 2.36. The second-order valence-corrected chi connectivity index (χ2v) is 6.99. The van der Waals surface area contributed by atoms with Crippen LogP contribution in [-0.2, 0) is 4.74 Å². The number of hydrogen-bond donors (Lipinski definition) is 2. The van der Waals surface area contributed by atoms with Crippen LogP contribution in [0.15, 0.2) is 0 Å². The highest BCUT2D eigenvalue weighted by molar-refractivity contribution is 5.66. The Labute approximate surface area is 117 Å². The van der Waals surface area contributed by atoms with Gasteiger partial charge in [0.15, 0.2) is 0 Å². The van der Waals surface area contributed by atoms with Gasteiger partial charge < -0.3 is 4.74 Å². The highest BCUT2D eigenvalue weighted by Gasteiger charge is 2.43. The summed E-state index contributed by atoms with van der Waals surface area (Å²) in [6.07, 6.45) is 5.26. The zero-order chi connectivity index (χ0) is 14.5. The molecule has 0 radical (unpaired) electrons. The Morgan fingerprint density at radius 1 is 1.21 bits per heavy atom. The molecule has 2 N–H and O–H groups in total. The van der Waals surface area contributed by atoms with Crippen molar-refractivity contribution >= 4 is 6.09 Å². The first-order valence-corrected chi connectivity index (χ1v) is 7.47. The van der Waals surface area contributed by atoms with Crippen molar-refractivity contribution in [3.8, 4) is 0 Å². The van der Waals surface area contributed by atoms with E-state index in [0.717, 1.165) is 12.8 Å². The predicted molar refractivity (Wildman–Crippen MR) is 77.7 cm³/mol. The first-order valence-electron chi connectivity index (χ1n) is 7.47. The van der Waals surface area contributed by atoms with Crippen LogP contribution >= 0.6 is 0 Å². The van der Waals surface area contributed by atoms with Crippen molar-refractivity contribution < 1.29 is 9.53 Å². The summed E-state index contributed by atoms with van der Waals surface area (Å²) < 4.78 is 5.14. The third-order valence-corrected chi connectivity index (χ3v) is 4.59. The number of amides is 1. The lowest BCUT2D eigenvalue weighted by Gasteiger charge is -2.48. The summed E-state index contributed by atoms with van der Waals surface area (Å²) in [4.78, 5) is 11.6. The van der Waals surface area contributed by atoms with E-state index in [1.807, 2.05) is 0 Å². The largest absolute Gasteiger partial charge is 0.449 e. The summed E-state index contributed by atoms with van der Waals surface area (Å²) in [5.41, 5.74) is 6.02. The molecule has 4 heteroatoms. The molecule has 0 saturated heterocycles. The summed E-state index contributed by atoms with van der Waals surface area (Å²) in [5, 5.41) is 0. The predicted octanol–water partition coefficient (Wildman–Crippen LogP) is 3.62. The number of nitrogens with one attached hydrogen (secondary N) is 2. The van der Waals surface area contributed by atoms with Gasteiger partial charge in [0.1, 0.15) is 0 Å². The van der Waals surface area contributed by atoms with Crippen LogP contribution in [0.3, 0.4) is 0 Å². The number of rotatable bonds is 5. The van der Waals surface area contributed by atoms with E-state index in [2.05, 4.69) is 45.5 Å². The Morgan fingerprint density at radius 3 is 2.42 bits per heavy atom. The number of hydrazine groups is 1. The van der Waals surface area contributed by atoms with E-state index in [1.54, 1.807) is 0 Å². The van der Waals surface area contributed by atoms with E-state index in [1.165, 1.54) is 19.3 Å². The highest BCUT2D eigenvalue weighted by Crippen LogP contribution is 2.43. The maximum atomic E-state index is 11.6. The Hall–Kier alpha value is -0.770. The maximum absolute atomic E-state index is 11.6. The fourth-order valence-corrected chi connectivity index (χ4v) is 2.50. The minimum Gasteiger partial charge on any atom is -0.449 e. The van der Waals surface area contributed by atoms with Crippen LogP contribution in [0.5, 0.6) is 0 Å². The molecule has 112 valence electrons. The number of ether oxygens (including phenoxy) is 1. The molecule has 1 aliphatic rings. The molecule has 0 aromatic heterocycles. The molecule has 1 rings (SSSR count). The third-order valence-electron chi connectivity index (χ3n) is 4.59. The molecule has 0 aromatic rings. The summed E-state index contributed by atoms with van der Waals surface area (Å²) in [6, 6.07) is 0. The van der Waals surface area contributed by atoms with Gasteiger partial charge in [0.05, 0.1) is 6.61 Å². The first-order chi connectivity index (χ1) is 8.77. The van der Waals surface area contributed by atoms with Crippen LogP contribution in [0, 0.1) is 11.3 Å². The van der Waals surface area contributed by atoms with Gasteiger partial charge in [-0.1, -0.05) is 40.5 Å². The summed E-state index contributed by atoms with van der Waals surface area (Å²) in [5.74, 6) is 0.551. The molecule has 0 aromatic carbocycles. The summed E-state index contributed by atoms with van der Waals surface area (Å²) in [6.45, 7) is 11.4. The Bertz CT molecular complexity index is 303. The molecule has 4 nitrogen and oxygen atoms in total. The molecule has 1 saturated carbocycles. The van der Waals surface area contributed by atoms with Gasteiger partial charge in [-0.15, -0.1) is 0 Å². The molecule has 1 amide bonds. The zero-order valence-corrected chi connectivity index (χ0v) is 13.1. The normalized spacial score (nSPS) is 26.2. The monoisotopic (exact) mass is 270 g/mol. The fourth-order valence-electron chi connectivity index (χ4n) is 2.50. The van der Waals surface area contributed by atoms with E-state index < -0.39 is 0 Å². The van der Waals surface area contributed by atoms with Crippen molar-refractivity contribution in [1.82, 2.24) is 10.9 Å². The SMILES string of the molecule is CC(C)CCOC(=O)NNC1(C)CCCCC1(C)C. The van der Waals surface area contributed by atoms with Crippen molar-refractivity contribution in [1.29, 1.82) is 0 Å². The molecule has 1 fully saturated rings.